The van der Waals surface area contributed by atoms with Crippen molar-refractivity contribution in [2.75, 3.05) is 38.5 Å². The highest BCUT2D eigenvalue weighted by Crippen LogP contribution is 2.39. The van der Waals surface area contributed by atoms with Gasteiger partial charge in [-0.3, -0.25) is 4.89 Å². The highest BCUT2D eigenvalue weighted by atomic mass is 32.1. The molecule has 0 atom stereocenters. The van der Waals surface area contributed by atoms with Crippen LogP contribution in [-0.4, -0.2) is 60.1 Å². The van der Waals surface area contributed by atoms with Gasteiger partial charge in [0.15, 0.2) is 0 Å². The molecule has 2 aliphatic heterocycles. The number of nitrogens with zero attached hydrogens (tertiary/aromatic N) is 3. The molecule has 3 heterocycles. The van der Waals surface area contributed by atoms with Crippen LogP contribution in [0.5, 0.6) is 0 Å². The van der Waals surface area contributed by atoms with Crippen molar-refractivity contribution in [3.8, 4) is 0 Å². The van der Waals surface area contributed by atoms with E-state index in [4.69, 9.17) is 10.2 Å². The number of thiophene rings is 1. The van der Waals surface area contributed by atoms with E-state index in [-0.39, 0.29) is 6.42 Å². The molecule has 4 rings (SSSR count). The van der Waals surface area contributed by atoms with Crippen LogP contribution < -0.4 is 5.32 Å². The average molecular weight is 595 g/mol. The van der Waals surface area contributed by atoms with E-state index < -0.39 is 5.97 Å². The van der Waals surface area contributed by atoms with E-state index in [1.54, 1.807) is 11.3 Å². The van der Waals surface area contributed by atoms with Crippen LogP contribution in [0, 0.1) is 6.92 Å². The van der Waals surface area contributed by atoms with Gasteiger partial charge in [0, 0.05) is 37.5 Å². The molecular weight excluding hydrogens is 548 g/mol. The number of amidine groups is 1. The second-order valence-electron chi connectivity index (χ2n) is 10.4. The number of fused-ring (bicyclic) bond motifs is 2. The molecule has 1 aromatic heterocycles. The number of likely N-dealkylation sites (N-methyl/N-ethyl adjacent to an activating group) is 1. The molecular formula is C33H46N4O4S. The van der Waals surface area contributed by atoms with Gasteiger partial charge in [-0.15, -0.1) is 11.3 Å². The van der Waals surface area contributed by atoms with Crippen molar-refractivity contribution in [3.05, 3.63) is 77.2 Å². The van der Waals surface area contributed by atoms with Crippen molar-refractivity contribution in [1.29, 1.82) is 0 Å². The van der Waals surface area contributed by atoms with Crippen molar-refractivity contribution < 1.29 is 20.0 Å². The Labute approximate surface area is 254 Å². The quantitative estimate of drug-likeness (QED) is 0.111. The summed E-state index contributed by atoms with van der Waals surface area (Å²) in [6.45, 7) is 8.54. The van der Waals surface area contributed by atoms with Gasteiger partial charge in [-0.25, -0.2) is 15.0 Å². The van der Waals surface area contributed by atoms with Crippen LogP contribution in [0.4, 0.5) is 16.4 Å². The van der Waals surface area contributed by atoms with Gasteiger partial charge in [-0.2, -0.15) is 0 Å². The topological polar surface area (TPSA) is 86.6 Å². The Bertz CT molecular complexity index is 1210. The Balaban J connectivity index is 0.000000232. The van der Waals surface area contributed by atoms with Crippen LogP contribution in [0.25, 0.3) is 0 Å². The summed E-state index contributed by atoms with van der Waals surface area (Å²) in [5.74, 6) is 0.579. The van der Waals surface area contributed by atoms with Crippen molar-refractivity contribution in [3.63, 3.8) is 0 Å². The van der Waals surface area contributed by atoms with E-state index in [1.807, 2.05) is 0 Å². The lowest BCUT2D eigenvalue weighted by Crippen LogP contribution is -2.47. The Morgan fingerprint density at radius 1 is 1.02 bits per heavy atom. The van der Waals surface area contributed by atoms with Crippen molar-refractivity contribution >= 4 is 39.5 Å². The zero-order chi connectivity index (χ0) is 30.0. The van der Waals surface area contributed by atoms with E-state index in [0.717, 1.165) is 88.3 Å². The minimum Gasteiger partial charge on any atom is -0.353 e. The van der Waals surface area contributed by atoms with Gasteiger partial charge < -0.3 is 15.1 Å². The fourth-order valence-electron chi connectivity index (χ4n) is 4.62. The van der Waals surface area contributed by atoms with Gasteiger partial charge in [0.25, 0.3) is 0 Å². The number of hydrogen-bond acceptors (Lipinski definition) is 9. The van der Waals surface area contributed by atoms with Gasteiger partial charge >= 0.3 is 5.97 Å². The van der Waals surface area contributed by atoms with E-state index in [9.17, 15) is 4.79 Å². The normalized spacial score (nSPS) is 15.1. The molecule has 1 aromatic carbocycles. The molecule has 0 aliphatic carbocycles. The van der Waals surface area contributed by atoms with Crippen LogP contribution in [0.3, 0.4) is 0 Å². The molecule has 2 aromatic rings. The van der Waals surface area contributed by atoms with Crippen LogP contribution >= 0.6 is 11.3 Å². The summed E-state index contributed by atoms with van der Waals surface area (Å²) < 4.78 is 0. The summed E-state index contributed by atoms with van der Waals surface area (Å²) >= 11 is 1.81. The monoisotopic (exact) mass is 594 g/mol. The van der Waals surface area contributed by atoms with Crippen LogP contribution in [0.2, 0.25) is 0 Å². The summed E-state index contributed by atoms with van der Waals surface area (Å²) in [4.78, 5) is 25.9. The molecule has 2 N–H and O–H groups in total. The zero-order valence-corrected chi connectivity index (χ0v) is 26.1. The summed E-state index contributed by atoms with van der Waals surface area (Å²) in [6, 6.07) is 10.6. The SMILES string of the molecule is CC/C=C\C/C=C\C/C=C\CCCCCC(=O)OOO.Cc1cc2c(s1)Nc1ccccc1N=C2N1CCN(C)CC1. The molecule has 1 fully saturated rings. The maximum atomic E-state index is 10.8. The van der Waals surface area contributed by atoms with E-state index in [0.29, 0.717) is 0 Å². The molecule has 0 radical (unpaired) electrons. The molecule has 42 heavy (non-hydrogen) atoms. The number of benzene rings is 1. The van der Waals surface area contributed by atoms with Crippen molar-refractivity contribution in [2.45, 2.75) is 65.2 Å². The predicted molar refractivity (Wildman–Crippen MR) is 174 cm³/mol. The maximum absolute atomic E-state index is 10.8. The molecule has 0 spiro atoms. The highest BCUT2D eigenvalue weighted by Gasteiger charge is 2.25. The van der Waals surface area contributed by atoms with Gasteiger partial charge in [-0.1, -0.05) is 61.9 Å². The van der Waals surface area contributed by atoms with E-state index >= 15 is 0 Å². The van der Waals surface area contributed by atoms with E-state index in [2.05, 4.69) is 113 Å². The summed E-state index contributed by atoms with van der Waals surface area (Å²) in [5.41, 5.74) is 3.36. The van der Waals surface area contributed by atoms with Crippen molar-refractivity contribution in [2.24, 2.45) is 4.99 Å². The molecule has 228 valence electrons. The van der Waals surface area contributed by atoms with Crippen LogP contribution in [0.1, 0.15) is 68.7 Å². The summed E-state index contributed by atoms with van der Waals surface area (Å²) in [5, 5.41) is 16.0. The number of aryl methyl sites for hydroxylation is 1. The number of hydrogen-bond donors (Lipinski definition) is 2. The Kier molecular flexibility index (Phi) is 15.1. The van der Waals surface area contributed by atoms with Crippen LogP contribution in [-0.2, 0) is 14.7 Å². The van der Waals surface area contributed by atoms with Gasteiger partial charge in [-0.05, 0) is 75.7 Å². The second kappa shape index (κ2) is 19.0. The number of aliphatic imine (C=N–C) groups is 1. The number of unbranched alkanes of at least 4 members (excludes halogenated alkanes) is 3. The summed E-state index contributed by atoms with van der Waals surface area (Å²) in [7, 11) is 2.18. The number of carbonyl (C=O) groups is 1. The van der Waals surface area contributed by atoms with Gasteiger partial charge in [0.2, 0.25) is 0 Å². The molecule has 9 heteroatoms. The number of para-hydroxylation sites is 2. The lowest BCUT2D eigenvalue weighted by molar-refractivity contribution is -0.462. The third kappa shape index (κ3) is 11.6. The van der Waals surface area contributed by atoms with Gasteiger partial charge in [0.05, 0.1) is 16.9 Å². The predicted octanol–water partition coefficient (Wildman–Crippen LogP) is 8.18. The minimum absolute atomic E-state index is 0.276. The number of rotatable bonds is 12. The first-order valence-electron chi connectivity index (χ1n) is 15.0. The first kappa shape index (κ1) is 33.3. The number of anilines is 2. The highest BCUT2D eigenvalue weighted by molar-refractivity contribution is 7.16. The fraction of sp³-hybridized carbons (Fsp3) is 0.455. The van der Waals surface area contributed by atoms with Crippen molar-refractivity contribution in [1.82, 2.24) is 9.80 Å². The number of carbonyl (C=O) groups excluding carboxylic acids is 1. The second-order valence-corrected chi connectivity index (χ2v) is 11.6. The molecule has 0 bridgehead atoms. The fourth-order valence-corrected chi connectivity index (χ4v) is 5.54. The lowest BCUT2D eigenvalue weighted by Gasteiger charge is -2.34. The molecule has 0 unspecified atom stereocenters. The lowest BCUT2D eigenvalue weighted by atomic mass is 10.1. The Morgan fingerprint density at radius 2 is 1.74 bits per heavy atom. The molecule has 0 amide bonds. The van der Waals surface area contributed by atoms with E-state index in [1.165, 1.54) is 15.4 Å². The Morgan fingerprint density at radius 3 is 2.48 bits per heavy atom. The maximum Gasteiger partial charge on any atom is 0.345 e. The average Bonchev–Trinajstić information content (AvgIpc) is 3.28. The molecule has 1 saturated heterocycles. The molecule has 8 nitrogen and oxygen atoms in total. The number of allylic oxidation sites excluding steroid dienone is 6. The number of piperazine rings is 1. The first-order chi connectivity index (χ1) is 20.5. The first-order valence-corrected chi connectivity index (χ1v) is 15.8. The number of nitrogens with one attached hydrogen (secondary N) is 1. The largest absolute Gasteiger partial charge is 0.353 e. The zero-order valence-electron chi connectivity index (χ0n) is 25.3. The standard InChI is InChI=1S/C17H20N4S.C16H26O4/c1-12-11-13-16(21-9-7-20(2)8-10-21)18-14-5-3-4-6-15(14)19-17(13)22-12;1-2-3-4-5-6-7-8-9-10-11-12-13-14-15-16(17)19-20-18/h3-6,11,19H,7-10H2,1-2H3;3-4,6-7,9-10,18H,2,5,8,11-15H2,1H3/b;4-3-,7-6-,10-9-. The van der Waals surface area contributed by atoms with Gasteiger partial charge in [0.1, 0.15) is 10.8 Å². The van der Waals surface area contributed by atoms with Crippen LogP contribution in [0.15, 0.2) is 71.8 Å². The minimum atomic E-state index is -0.537. The Hall–Kier alpha value is -3.24. The smallest absolute Gasteiger partial charge is 0.345 e. The summed E-state index contributed by atoms with van der Waals surface area (Å²) in [6.07, 6.45) is 20.1. The third-order valence-corrected chi connectivity index (χ3v) is 7.91. The third-order valence-electron chi connectivity index (χ3n) is 6.94. The molecule has 0 saturated carbocycles. The molecule has 2 aliphatic rings.